The number of hydrogen-bond acceptors (Lipinski definition) is 12. The van der Waals surface area contributed by atoms with Gasteiger partial charge in [-0.3, -0.25) is 24.4 Å². The predicted octanol–water partition coefficient (Wildman–Crippen LogP) is 0.124. The third kappa shape index (κ3) is 4.21. The van der Waals surface area contributed by atoms with Gasteiger partial charge in [-0.25, -0.2) is 9.78 Å². The van der Waals surface area contributed by atoms with Crippen molar-refractivity contribution in [3.63, 3.8) is 0 Å². The van der Waals surface area contributed by atoms with E-state index in [1.165, 1.54) is 40.0 Å². The second kappa shape index (κ2) is 8.56. The number of ketones is 1. The first-order valence-corrected chi connectivity index (χ1v) is 11.4. The lowest BCUT2D eigenvalue weighted by molar-refractivity contribution is -0.148. The Morgan fingerprint density at radius 2 is 2.26 bits per heavy atom. The number of hydrogen-bond donors (Lipinski definition) is 4. The van der Waals surface area contributed by atoms with E-state index in [1.807, 2.05) is 0 Å². The summed E-state index contributed by atoms with van der Waals surface area (Å²) in [7, 11) is 0. The van der Waals surface area contributed by atoms with Gasteiger partial charge in [-0.05, 0) is 0 Å². The number of carbonyl (C=O) groups is 4. The summed E-state index contributed by atoms with van der Waals surface area (Å²) >= 11 is 3.64. The average Bonchev–Trinajstić information content (AvgIpc) is 3.41. The Bertz CT molecular complexity index is 1080. The number of β-lactam (4-membered cyclic amide) rings is 1. The molecule has 1 fully saturated rings. The molecule has 1 unspecified atom stereocenters. The number of ether oxygens (including phenoxy) is 1. The van der Waals surface area contributed by atoms with Crippen LogP contribution in [0.2, 0.25) is 0 Å². The van der Waals surface area contributed by atoms with Gasteiger partial charge >= 0.3 is 6.16 Å². The molecule has 4 rings (SSSR count). The van der Waals surface area contributed by atoms with Crippen LogP contribution in [0.4, 0.5) is 9.93 Å². The number of anilines is 1. The number of aromatic nitrogens is 4. The number of carbonyl (C=O) groups excluding carboxylic acids is 3. The van der Waals surface area contributed by atoms with Crippen LogP contribution in [-0.2, 0) is 14.3 Å². The van der Waals surface area contributed by atoms with Crippen molar-refractivity contribution in [3.8, 4) is 0 Å². The standard InChI is InChI=1S/C15H13N7O6S3/c16-14-18-6(4-31-14)9(23)10(24)19-8-11(25)22-12(28-15(26)27)5(3-30-13(8)22)2-29-7-1-17-21-20-7/h1,4,8,13H,2-3H2,(H2,16,18)(H,19,24)(H,26,27)(H,17,20,21)/t8?,13-/m0/s1. The molecule has 0 aliphatic carbocycles. The summed E-state index contributed by atoms with van der Waals surface area (Å²) in [5.74, 6) is -1.90. The van der Waals surface area contributed by atoms with Gasteiger partial charge in [0.05, 0.1) is 6.20 Å². The number of rotatable bonds is 7. The maximum Gasteiger partial charge on any atom is 0.512 e. The fourth-order valence-corrected chi connectivity index (χ4v) is 5.62. The molecule has 4 heterocycles. The van der Waals surface area contributed by atoms with Crippen LogP contribution >= 0.6 is 34.9 Å². The molecular weight excluding hydrogens is 470 g/mol. The Kier molecular flexibility index (Phi) is 5.84. The van der Waals surface area contributed by atoms with Crippen LogP contribution in [0.25, 0.3) is 0 Å². The molecule has 31 heavy (non-hydrogen) atoms. The number of amides is 2. The van der Waals surface area contributed by atoms with Crippen LogP contribution in [-0.4, -0.2) is 77.1 Å². The van der Waals surface area contributed by atoms with Gasteiger partial charge in [-0.1, -0.05) is 5.21 Å². The Morgan fingerprint density at radius 1 is 1.45 bits per heavy atom. The van der Waals surface area contributed by atoms with E-state index in [2.05, 4.69) is 25.7 Å². The van der Waals surface area contributed by atoms with Crippen LogP contribution in [0, 0.1) is 0 Å². The zero-order valence-corrected chi connectivity index (χ0v) is 17.8. The van der Waals surface area contributed by atoms with E-state index in [0.29, 0.717) is 22.1 Å². The number of fused-ring (bicyclic) bond motifs is 1. The number of nitrogens with one attached hydrogen (secondary N) is 2. The van der Waals surface area contributed by atoms with Crippen LogP contribution in [0.1, 0.15) is 10.5 Å². The van der Waals surface area contributed by atoms with Gasteiger partial charge in [-0.15, -0.1) is 40.0 Å². The second-order valence-corrected chi connectivity index (χ2v) is 9.16. The molecule has 13 nitrogen and oxygen atoms in total. The number of Topliss-reactive ketones (excluding diaryl/α,β-unsaturated/α-hetero) is 1. The smallest absolute Gasteiger partial charge is 0.449 e. The molecule has 2 aliphatic heterocycles. The van der Waals surface area contributed by atoms with Gasteiger partial charge < -0.3 is 20.9 Å². The number of carboxylic acid groups (broad SMARTS) is 1. The minimum atomic E-state index is -1.57. The number of thioether (sulfide) groups is 2. The highest BCUT2D eigenvalue weighted by Crippen LogP contribution is 2.41. The van der Waals surface area contributed by atoms with E-state index >= 15 is 0 Å². The lowest BCUT2D eigenvalue weighted by atomic mass is 10.1. The molecule has 2 atom stereocenters. The number of nitrogens with two attached hydrogens (primary N) is 1. The first-order chi connectivity index (χ1) is 14.8. The molecule has 0 radical (unpaired) electrons. The van der Waals surface area contributed by atoms with Crippen LogP contribution in [0.15, 0.2) is 28.1 Å². The van der Waals surface area contributed by atoms with Crippen LogP contribution < -0.4 is 11.1 Å². The van der Waals surface area contributed by atoms with Gasteiger partial charge in [0.25, 0.3) is 17.6 Å². The molecule has 2 amide bonds. The molecule has 0 bridgehead atoms. The molecule has 162 valence electrons. The highest BCUT2D eigenvalue weighted by molar-refractivity contribution is 8.01. The number of thiazole rings is 1. The summed E-state index contributed by atoms with van der Waals surface area (Å²) in [5, 5.41) is 23.0. The Labute approximate surface area is 185 Å². The molecule has 2 aromatic rings. The first kappa shape index (κ1) is 21.1. The largest absolute Gasteiger partial charge is 0.512 e. The first-order valence-electron chi connectivity index (χ1n) is 8.47. The van der Waals surface area contributed by atoms with Crippen molar-refractivity contribution in [2.75, 3.05) is 17.2 Å². The van der Waals surface area contributed by atoms with Crippen molar-refractivity contribution in [2.24, 2.45) is 0 Å². The maximum atomic E-state index is 12.7. The molecule has 5 N–H and O–H groups in total. The Hall–Kier alpha value is -3.11. The van der Waals surface area contributed by atoms with Crippen molar-refractivity contribution in [1.82, 2.24) is 30.6 Å². The minimum absolute atomic E-state index is 0.0923. The normalized spacial score (nSPS) is 20.1. The Balaban J connectivity index is 1.47. The summed E-state index contributed by atoms with van der Waals surface area (Å²) < 4.78 is 4.88. The van der Waals surface area contributed by atoms with E-state index in [9.17, 15) is 19.2 Å². The zero-order valence-electron chi connectivity index (χ0n) is 15.3. The quantitative estimate of drug-likeness (QED) is 0.137. The molecule has 0 aromatic carbocycles. The zero-order chi connectivity index (χ0) is 22.1. The molecule has 0 saturated carbocycles. The lowest BCUT2D eigenvalue weighted by Crippen LogP contribution is -2.70. The van der Waals surface area contributed by atoms with Gasteiger partial charge in [0, 0.05) is 22.5 Å². The van der Waals surface area contributed by atoms with Crippen molar-refractivity contribution >= 4 is 63.7 Å². The van der Waals surface area contributed by atoms with Crippen LogP contribution in [0.5, 0.6) is 0 Å². The van der Waals surface area contributed by atoms with Crippen molar-refractivity contribution < 1.29 is 29.0 Å². The number of aromatic amines is 1. The average molecular weight is 484 g/mol. The van der Waals surface area contributed by atoms with Crippen molar-refractivity contribution in [1.29, 1.82) is 0 Å². The topological polar surface area (TPSA) is 193 Å². The van der Waals surface area contributed by atoms with Gasteiger partial charge in [0.2, 0.25) is 5.88 Å². The summed E-state index contributed by atoms with van der Waals surface area (Å²) in [6, 6.07) is -1.00. The van der Waals surface area contributed by atoms with Crippen molar-refractivity contribution in [3.05, 3.63) is 28.7 Å². The molecular formula is C15H13N7O6S3. The van der Waals surface area contributed by atoms with Gasteiger partial charge in [-0.2, -0.15) is 0 Å². The molecule has 2 aromatic heterocycles. The van der Waals surface area contributed by atoms with Crippen molar-refractivity contribution in [2.45, 2.75) is 16.4 Å². The third-order valence-corrected chi connectivity index (χ3v) is 7.23. The van der Waals surface area contributed by atoms with E-state index in [1.54, 1.807) is 0 Å². The lowest BCUT2D eigenvalue weighted by Gasteiger charge is -2.49. The highest BCUT2D eigenvalue weighted by atomic mass is 32.2. The van der Waals surface area contributed by atoms with E-state index in [-0.39, 0.29) is 16.7 Å². The monoisotopic (exact) mass is 483 g/mol. The van der Waals surface area contributed by atoms with E-state index < -0.39 is 35.2 Å². The molecule has 1 saturated heterocycles. The predicted molar refractivity (Wildman–Crippen MR) is 109 cm³/mol. The summed E-state index contributed by atoms with van der Waals surface area (Å²) in [6.45, 7) is 0. The maximum absolute atomic E-state index is 12.7. The molecule has 16 heteroatoms. The van der Waals surface area contributed by atoms with E-state index in [4.69, 9.17) is 15.6 Å². The summed E-state index contributed by atoms with van der Waals surface area (Å²) in [4.78, 5) is 53.2. The minimum Gasteiger partial charge on any atom is -0.449 e. The van der Waals surface area contributed by atoms with Gasteiger partial charge in [0.15, 0.2) is 5.13 Å². The van der Waals surface area contributed by atoms with Crippen LogP contribution in [0.3, 0.4) is 0 Å². The SMILES string of the molecule is Nc1nc(C(=O)C(=O)NC2C(=O)N3C(OC(=O)O)=C(CSc4cnn[nH]4)CS[C@@H]23)cs1. The van der Waals surface area contributed by atoms with Gasteiger partial charge in [0.1, 0.15) is 22.1 Å². The Morgan fingerprint density at radius 3 is 2.90 bits per heavy atom. The number of nitrogen functional groups attached to an aromatic ring is 1. The summed E-state index contributed by atoms with van der Waals surface area (Å²) in [6.07, 6.45) is -0.0577. The fraction of sp³-hybridized carbons (Fsp3) is 0.267. The summed E-state index contributed by atoms with van der Waals surface area (Å²) in [5.41, 5.74) is 5.94. The van der Waals surface area contributed by atoms with E-state index in [0.717, 1.165) is 11.3 Å². The third-order valence-electron chi connectivity index (χ3n) is 4.22. The molecule has 2 aliphatic rings. The fourth-order valence-electron chi connectivity index (χ4n) is 2.85. The highest BCUT2D eigenvalue weighted by Gasteiger charge is 2.54. The molecule has 0 spiro atoms. The number of nitrogens with zero attached hydrogens (tertiary/aromatic N) is 4. The second-order valence-electron chi connectivity index (χ2n) is 6.15. The number of H-pyrrole nitrogens is 1.